The van der Waals surface area contributed by atoms with Gasteiger partial charge in [-0.05, 0) is 26.0 Å². The third-order valence-electron chi connectivity index (χ3n) is 7.30. The maximum Gasteiger partial charge on any atom is 0.150 e. The van der Waals surface area contributed by atoms with Crippen molar-refractivity contribution in [3.8, 4) is 5.75 Å². The van der Waals surface area contributed by atoms with Gasteiger partial charge in [-0.2, -0.15) is 0 Å². The third-order valence-corrected chi connectivity index (χ3v) is 7.30. The quantitative estimate of drug-likeness (QED) is 0.289. The number of pyridine rings is 1. The Morgan fingerprint density at radius 2 is 1.52 bits per heavy atom. The van der Waals surface area contributed by atoms with E-state index in [-0.39, 0.29) is 29.3 Å². The molecule has 1 aliphatic heterocycles. The minimum atomic E-state index is -0.278. The first-order valence-corrected chi connectivity index (χ1v) is 11.5. The van der Waals surface area contributed by atoms with Crippen LogP contribution in [0.15, 0.2) is 24.4 Å². The molecule has 0 unspecified atom stereocenters. The molecule has 1 aromatic carbocycles. The van der Waals surface area contributed by atoms with Crippen molar-refractivity contribution in [2.75, 3.05) is 0 Å². The van der Waals surface area contributed by atoms with E-state index in [0.717, 1.165) is 44.9 Å². The second-order valence-electron chi connectivity index (χ2n) is 12.4. The summed E-state index contributed by atoms with van der Waals surface area (Å²) in [5.74, 6) is 1.93. The van der Waals surface area contributed by atoms with Gasteiger partial charge in [0.1, 0.15) is 22.8 Å². The van der Waals surface area contributed by atoms with Crippen molar-refractivity contribution < 1.29 is 4.74 Å². The number of imidazole rings is 1. The van der Waals surface area contributed by atoms with Gasteiger partial charge in [0.25, 0.3) is 0 Å². The number of rotatable bonds is 0. The molecular formula is C28H38N4O. The molecule has 0 saturated heterocycles. The van der Waals surface area contributed by atoms with E-state index < -0.39 is 0 Å². The van der Waals surface area contributed by atoms with Gasteiger partial charge in [-0.3, -0.25) is 9.38 Å². The first-order valence-electron chi connectivity index (χ1n) is 11.5. The highest BCUT2D eigenvalue weighted by Gasteiger charge is 2.48. The van der Waals surface area contributed by atoms with Crippen LogP contribution < -0.4 is 4.74 Å². The van der Waals surface area contributed by atoms with E-state index in [2.05, 4.69) is 91.8 Å². The minimum Gasteiger partial charge on any atom is -0.487 e. The van der Waals surface area contributed by atoms with Gasteiger partial charge in [0, 0.05) is 39.8 Å². The van der Waals surface area contributed by atoms with Gasteiger partial charge in [-0.15, -0.1) is 0 Å². The minimum absolute atomic E-state index is 0. The van der Waals surface area contributed by atoms with E-state index in [4.69, 9.17) is 19.7 Å². The molecular weight excluding hydrogens is 408 g/mol. The Morgan fingerprint density at radius 1 is 0.848 bits per heavy atom. The van der Waals surface area contributed by atoms with Gasteiger partial charge in [-0.25, -0.2) is 9.97 Å². The highest BCUT2D eigenvalue weighted by atomic mass is 16.5. The molecule has 4 heterocycles. The summed E-state index contributed by atoms with van der Waals surface area (Å²) in [5.41, 5.74) is 5.51. The second-order valence-corrected chi connectivity index (χ2v) is 12.4. The standard InChI is InChI=1S/C27H34N4O.CH4/c1-24(2,3)21-12-17-15(14-28-21)22-29-18-11-16-20(32-27(9,10)26(16,7)8)13-19(18)31(22)23(30-17)25(4,5)6;/h11-14H,1-10H3;1H4. The molecule has 1 aliphatic rings. The maximum absolute atomic E-state index is 6.43. The summed E-state index contributed by atoms with van der Waals surface area (Å²) in [6.07, 6.45) is 1.94. The number of hydrogen-bond acceptors (Lipinski definition) is 4. The summed E-state index contributed by atoms with van der Waals surface area (Å²) >= 11 is 0. The number of benzene rings is 1. The highest BCUT2D eigenvalue weighted by molar-refractivity contribution is 5.97. The molecule has 0 saturated carbocycles. The zero-order valence-electron chi connectivity index (χ0n) is 21.0. The second kappa shape index (κ2) is 6.68. The van der Waals surface area contributed by atoms with Crippen LogP contribution in [0.4, 0.5) is 0 Å². The summed E-state index contributed by atoms with van der Waals surface area (Å²) < 4.78 is 8.63. The van der Waals surface area contributed by atoms with Crippen LogP contribution in [-0.4, -0.2) is 25.0 Å². The predicted octanol–water partition coefficient (Wildman–Crippen LogP) is 7.11. The van der Waals surface area contributed by atoms with Crippen LogP contribution in [0.1, 0.15) is 93.7 Å². The molecule has 0 amide bonds. The molecule has 0 radical (unpaired) electrons. The van der Waals surface area contributed by atoms with E-state index in [9.17, 15) is 0 Å². The Hall–Kier alpha value is -2.69. The van der Waals surface area contributed by atoms with Crippen molar-refractivity contribution in [2.24, 2.45) is 0 Å². The van der Waals surface area contributed by atoms with Crippen molar-refractivity contribution in [3.05, 3.63) is 41.5 Å². The Labute approximate surface area is 197 Å². The summed E-state index contributed by atoms with van der Waals surface area (Å²) in [5, 5.41) is 0.975. The van der Waals surface area contributed by atoms with Gasteiger partial charge in [0.2, 0.25) is 0 Å². The molecule has 0 N–H and O–H groups in total. The number of ether oxygens (including phenoxy) is 1. The molecule has 0 bridgehead atoms. The molecule has 0 aliphatic carbocycles. The highest BCUT2D eigenvalue weighted by Crippen LogP contribution is 2.50. The normalized spacial score (nSPS) is 17.3. The first-order chi connectivity index (χ1) is 14.6. The summed E-state index contributed by atoms with van der Waals surface area (Å²) in [6, 6.07) is 6.49. The number of hydrogen-bond donors (Lipinski definition) is 0. The molecule has 176 valence electrons. The number of fused-ring (bicyclic) bond motifs is 6. The Morgan fingerprint density at radius 3 is 2.12 bits per heavy atom. The molecule has 33 heavy (non-hydrogen) atoms. The van der Waals surface area contributed by atoms with Crippen molar-refractivity contribution in [3.63, 3.8) is 0 Å². The fourth-order valence-corrected chi connectivity index (χ4v) is 4.59. The zero-order valence-corrected chi connectivity index (χ0v) is 21.0. The van der Waals surface area contributed by atoms with E-state index in [0.29, 0.717) is 0 Å². The van der Waals surface area contributed by atoms with Crippen LogP contribution in [0.25, 0.3) is 27.6 Å². The molecule has 0 fully saturated rings. The SMILES string of the molecule is C.CC(C)(C)c1cc2nc(C(C)(C)C)n3c4cc5c(cc4nc3c2cn1)C(C)(C)C(C)(C)O5. The summed E-state index contributed by atoms with van der Waals surface area (Å²) in [4.78, 5) is 15.1. The van der Waals surface area contributed by atoms with Gasteiger partial charge < -0.3 is 4.74 Å². The van der Waals surface area contributed by atoms with Gasteiger partial charge >= 0.3 is 0 Å². The molecule has 0 atom stereocenters. The lowest BCUT2D eigenvalue weighted by atomic mass is 9.74. The zero-order chi connectivity index (χ0) is 23.4. The van der Waals surface area contributed by atoms with Gasteiger partial charge in [-0.1, -0.05) is 62.8 Å². The lowest BCUT2D eigenvalue weighted by Crippen LogP contribution is -2.41. The van der Waals surface area contributed by atoms with E-state index in [1.165, 1.54) is 5.56 Å². The van der Waals surface area contributed by atoms with Gasteiger partial charge in [0.15, 0.2) is 0 Å². The van der Waals surface area contributed by atoms with E-state index >= 15 is 0 Å². The molecule has 4 aromatic rings. The van der Waals surface area contributed by atoms with Crippen molar-refractivity contribution in [1.29, 1.82) is 0 Å². The Balaban J connectivity index is 0.00000259. The monoisotopic (exact) mass is 446 g/mol. The topological polar surface area (TPSA) is 52.3 Å². The fourth-order valence-electron chi connectivity index (χ4n) is 4.59. The average Bonchev–Trinajstić information content (AvgIpc) is 3.10. The average molecular weight is 447 g/mol. The summed E-state index contributed by atoms with van der Waals surface area (Å²) in [7, 11) is 0. The van der Waals surface area contributed by atoms with E-state index in [1.807, 2.05) is 6.20 Å². The predicted molar refractivity (Wildman–Crippen MR) is 138 cm³/mol. The van der Waals surface area contributed by atoms with Crippen LogP contribution in [0.5, 0.6) is 5.75 Å². The Bertz CT molecular complexity index is 1410. The largest absolute Gasteiger partial charge is 0.487 e. The lowest BCUT2D eigenvalue weighted by molar-refractivity contribution is 0.0713. The van der Waals surface area contributed by atoms with Crippen LogP contribution in [0.2, 0.25) is 0 Å². The maximum atomic E-state index is 6.43. The van der Waals surface area contributed by atoms with Crippen molar-refractivity contribution in [1.82, 2.24) is 19.4 Å². The Kier molecular flexibility index (Phi) is 4.75. The molecule has 0 spiro atoms. The van der Waals surface area contributed by atoms with Crippen LogP contribution in [0.3, 0.4) is 0 Å². The fraction of sp³-hybridized carbons (Fsp3) is 0.536. The molecule has 5 heteroatoms. The summed E-state index contributed by atoms with van der Waals surface area (Å²) in [6.45, 7) is 22.0. The molecule has 5 rings (SSSR count). The third kappa shape index (κ3) is 3.23. The van der Waals surface area contributed by atoms with Crippen molar-refractivity contribution in [2.45, 2.75) is 98.5 Å². The molecule has 3 aromatic heterocycles. The van der Waals surface area contributed by atoms with Gasteiger partial charge in [0.05, 0.1) is 21.9 Å². The number of aromatic nitrogens is 4. The van der Waals surface area contributed by atoms with Crippen LogP contribution in [0, 0.1) is 0 Å². The lowest BCUT2D eigenvalue weighted by Gasteiger charge is -2.33. The van der Waals surface area contributed by atoms with Crippen LogP contribution >= 0.6 is 0 Å². The molecule has 5 nitrogen and oxygen atoms in total. The van der Waals surface area contributed by atoms with E-state index in [1.54, 1.807) is 0 Å². The van der Waals surface area contributed by atoms with Crippen LogP contribution in [-0.2, 0) is 16.2 Å². The first kappa shape index (κ1) is 23.5. The number of nitrogens with zero attached hydrogens (tertiary/aromatic N) is 4. The smallest absolute Gasteiger partial charge is 0.150 e. The van der Waals surface area contributed by atoms with Crippen molar-refractivity contribution >= 4 is 27.6 Å².